The maximum absolute atomic E-state index is 13.2. The minimum atomic E-state index is -0.885. The number of aryl methyl sites for hydroxylation is 1. The molecule has 0 spiro atoms. The number of carbonyl (C=O) groups excluding carboxylic acids is 2. The lowest BCUT2D eigenvalue weighted by Gasteiger charge is -2.18. The number of amides is 2. The number of benzene rings is 2. The van der Waals surface area contributed by atoms with Crippen molar-refractivity contribution in [2.45, 2.75) is 32.2 Å². The van der Waals surface area contributed by atoms with Crippen LogP contribution in [-0.4, -0.2) is 47.7 Å². The Labute approximate surface area is 203 Å². The first-order valence-corrected chi connectivity index (χ1v) is 11.3. The van der Waals surface area contributed by atoms with Crippen LogP contribution in [-0.2, 0) is 20.7 Å². The summed E-state index contributed by atoms with van der Waals surface area (Å²) >= 11 is 0. The lowest BCUT2D eigenvalue weighted by atomic mass is 10.0. The van der Waals surface area contributed by atoms with Gasteiger partial charge in [0.25, 0.3) is 5.91 Å². The molecule has 0 fully saturated rings. The highest BCUT2D eigenvalue weighted by Crippen LogP contribution is 2.25. The van der Waals surface area contributed by atoms with Crippen LogP contribution in [0.2, 0.25) is 0 Å². The monoisotopic (exact) mass is 476 g/mol. The minimum absolute atomic E-state index is 0.0144. The molecule has 2 aromatic carbocycles. The molecule has 0 saturated carbocycles. The lowest BCUT2D eigenvalue weighted by Crippen LogP contribution is -2.27. The number of nitriles is 1. The van der Waals surface area contributed by atoms with Crippen molar-refractivity contribution in [3.63, 3.8) is 0 Å². The number of carbonyl (C=O) groups is 3. The number of hydrogen-bond donors (Lipinski definition) is 3. The van der Waals surface area contributed by atoms with E-state index in [4.69, 9.17) is 9.84 Å². The average Bonchev–Trinajstić information content (AvgIpc) is 3.27. The van der Waals surface area contributed by atoms with E-state index in [-0.39, 0.29) is 18.2 Å². The van der Waals surface area contributed by atoms with E-state index < -0.39 is 12.0 Å². The Balaban J connectivity index is 1.81. The summed E-state index contributed by atoms with van der Waals surface area (Å²) in [5.41, 5.74) is 2.85. The van der Waals surface area contributed by atoms with E-state index in [2.05, 4.69) is 16.7 Å². The topological polar surface area (TPSA) is 133 Å². The van der Waals surface area contributed by atoms with Crippen LogP contribution in [0.5, 0.6) is 0 Å². The van der Waals surface area contributed by atoms with E-state index in [1.807, 2.05) is 12.1 Å². The van der Waals surface area contributed by atoms with Crippen LogP contribution in [0.4, 0.5) is 5.69 Å². The van der Waals surface area contributed by atoms with Crippen molar-refractivity contribution in [3.05, 3.63) is 65.4 Å². The van der Waals surface area contributed by atoms with Gasteiger partial charge in [0.1, 0.15) is 6.04 Å². The van der Waals surface area contributed by atoms with Gasteiger partial charge in [-0.15, -0.1) is 0 Å². The Kier molecular flexibility index (Phi) is 8.59. The molecule has 182 valence electrons. The SMILES string of the molecule is COCCNC(=O)c1ccc2ccn([C@H](C)C(=O)Nc3cc(C#N)ccc3CCCC(=O)O)c2c1. The predicted molar refractivity (Wildman–Crippen MR) is 131 cm³/mol. The number of methoxy groups -OCH3 is 1. The quantitative estimate of drug-likeness (QED) is 0.363. The standard InChI is InChI=1S/C26H28N4O5/c1-17(25(33)29-22-14-18(16-27)6-7-19(22)4-3-5-24(31)32)30-12-10-20-8-9-21(15-23(20)30)26(34)28-11-13-35-2/h6-10,12,14-15,17H,3-5,11,13H2,1-2H3,(H,28,34)(H,29,33)(H,31,32)/t17-/m1/s1. The highest BCUT2D eigenvalue weighted by molar-refractivity contribution is 5.99. The zero-order valence-corrected chi connectivity index (χ0v) is 19.7. The van der Waals surface area contributed by atoms with E-state index in [0.29, 0.717) is 42.8 Å². The van der Waals surface area contributed by atoms with Gasteiger partial charge in [0, 0.05) is 43.0 Å². The molecule has 1 heterocycles. The van der Waals surface area contributed by atoms with Crippen LogP contribution in [0.25, 0.3) is 10.9 Å². The van der Waals surface area contributed by atoms with Gasteiger partial charge in [0.15, 0.2) is 0 Å². The molecule has 1 atom stereocenters. The molecule has 0 unspecified atom stereocenters. The van der Waals surface area contributed by atoms with E-state index >= 15 is 0 Å². The van der Waals surface area contributed by atoms with Crippen molar-refractivity contribution in [2.75, 3.05) is 25.6 Å². The van der Waals surface area contributed by atoms with Crippen molar-refractivity contribution in [1.82, 2.24) is 9.88 Å². The first-order valence-electron chi connectivity index (χ1n) is 11.3. The fourth-order valence-electron chi connectivity index (χ4n) is 3.77. The number of carboxylic acids is 1. The summed E-state index contributed by atoms with van der Waals surface area (Å²) in [6.07, 6.45) is 2.68. The highest BCUT2D eigenvalue weighted by atomic mass is 16.5. The molecule has 1 aromatic heterocycles. The van der Waals surface area contributed by atoms with Gasteiger partial charge in [0.2, 0.25) is 5.91 Å². The molecule has 0 saturated heterocycles. The summed E-state index contributed by atoms with van der Waals surface area (Å²) in [5, 5.41) is 24.8. The number of nitrogens with one attached hydrogen (secondary N) is 2. The van der Waals surface area contributed by atoms with Gasteiger partial charge in [-0.25, -0.2) is 0 Å². The Morgan fingerprint density at radius 2 is 1.97 bits per heavy atom. The van der Waals surface area contributed by atoms with Crippen LogP contribution in [0.3, 0.4) is 0 Å². The molecule has 3 N–H and O–H groups in total. The van der Waals surface area contributed by atoms with Crippen molar-refractivity contribution in [2.24, 2.45) is 0 Å². The molecule has 0 aliphatic rings. The molecule has 9 heteroatoms. The molecule has 3 rings (SSSR count). The van der Waals surface area contributed by atoms with Gasteiger partial charge in [-0.3, -0.25) is 14.4 Å². The summed E-state index contributed by atoms with van der Waals surface area (Å²) in [4.78, 5) is 36.5. The smallest absolute Gasteiger partial charge is 0.303 e. The van der Waals surface area contributed by atoms with Crippen molar-refractivity contribution in [1.29, 1.82) is 5.26 Å². The van der Waals surface area contributed by atoms with Crippen molar-refractivity contribution in [3.8, 4) is 6.07 Å². The molecule has 2 amide bonds. The predicted octanol–water partition coefficient (Wildman–Crippen LogP) is 3.50. The van der Waals surface area contributed by atoms with Gasteiger partial charge in [0.05, 0.1) is 18.2 Å². The molecule has 35 heavy (non-hydrogen) atoms. The Bertz CT molecular complexity index is 1270. The van der Waals surface area contributed by atoms with Gasteiger partial charge in [-0.2, -0.15) is 5.26 Å². The zero-order valence-electron chi connectivity index (χ0n) is 19.7. The number of nitrogens with zero attached hydrogens (tertiary/aromatic N) is 2. The van der Waals surface area contributed by atoms with Crippen molar-refractivity contribution >= 4 is 34.4 Å². The number of anilines is 1. The highest BCUT2D eigenvalue weighted by Gasteiger charge is 2.19. The molecule has 0 aliphatic carbocycles. The third-order valence-electron chi connectivity index (χ3n) is 5.71. The van der Waals surface area contributed by atoms with Crippen LogP contribution in [0, 0.1) is 11.3 Å². The second-order valence-corrected chi connectivity index (χ2v) is 8.14. The number of ether oxygens (including phenoxy) is 1. The third kappa shape index (κ3) is 6.46. The fraction of sp³-hybridized carbons (Fsp3) is 0.308. The second kappa shape index (κ2) is 11.8. The Morgan fingerprint density at radius 3 is 2.69 bits per heavy atom. The number of aliphatic carboxylic acids is 1. The van der Waals surface area contributed by atoms with E-state index in [1.165, 1.54) is 0 Å². The van der Waals surface area contributed by atoms with Gasteiger partial charge < -0.3 is 25.0 Å². The maximum Gasteiger partial charge on any atom is 0.303 e. The number of fused-ring (bicyclic) bond motifs is 1. The van der Waals surface area contributed by atoms with E-state index in [9.17, 15) is 19.6 Å². The van der Waals surface area contributed by atoms with Crippen molar-refractivity contribution < 1.29 is 24.2 Å². The number of aromatic nitrogens is 1. The molecule has 0 aliphatic heterocycles. The molecule has 0 radical (unpaired) electrons. The third-order valence-corrected chi connectivity index (χ3v) is 5.71. The van der Waals surface area contributed by atoms with Crippen LogP contribution >= 0.6 is 0 Å². The zero-order chi connectivity index (χ0) is 25.4. The summed E-state index contributed by atoms with van der Waals surface area (Å²) in [5.74, 6) is -1.41. The summed E-state index contributed by atoms with van der Waals surface area (Å²) in [7, 11) is 1.56. The summed E-state index contributed by atoms with van der Waals surface area (Å²) in [6, 6.07) is 13.6. The minimum Gasteiger partial charge on any atom is -0.481 e. The average molecular weight is 477 g/mol. The molecular formula is C26H28N4O5. The molecule has 0 bridgehead atoms. The summed E-state index contributed by atoms with van der Waals surface area (Å²) < 4.78 is 6.75. The number of carboxylic acid groups (broad SMARTS) is 1. The fourth-order valence-corrected chi connectivity index (χ4v) is 3.77. The van der Waals surface area contributed by atoms with Crippen LogP contribution < -0.4 is 10.6 Å². The Hall–Kier alpha value is -4.16. The largest absolute Gasteiger partial charge is 0.481 e. The number of rotatable bonds is 11. The molecule has 9 nitrogen and oxygen atoms in total. The van der Waals surface area contributed by atoms with Crippen LogP contribution in [0.15, 0.2) is 48.7 Å². The molecular weight excluding hydrogens is 448 g/mol. The van der Waals surface area contributed by atoms with E-state index in [0.717, 1.165) is 16.5 Å². The Morgan fingerprint density at radius 1 is 1.17 bits per heavy atom. The maximum atomic E-state index is 13.2. The van der Waals surface area contributed by atoms with Gasteiger partial charge in [-0.05, 0) is 61.0 Å². The van der Waals surface area contributed by atoms with Crippen LogP contribution in [0.1, 0.15) is 47.3 Å². The summed E-state index contributed by atoms with van der Waals surface area (Å²) in [6.45, 7) is 2.55. The lowest BCUT2D eigenvalue weighted by molar-refractivity contribution is -0.137. The van der Waals surface area contributed by atoms with Gasteiger partial charge >= 0.3 is 5.97 Å². The second-order valence-electron chi connectivity index (χ2n) is 8.14. The molecule has 3 aromatic rings. The number of hydrogen-bond acceptors (Lipinski definition) is 5. The van der Waals surface area contributed by atoms with E-state index in [1.54, 1.807) is 55.1 Å². The van der Waals surface area contributed by atoms with Gasteiger partial charge in [-0.1, -0.05) is 12.1 Å². The first kappa shape index (κ1) is 25.5. The first-order chi connectivity index (χ1) is 16.8. The normalized spacial score (nSPS) is 11.6.